The summed E-state index contributed by atoms with van der Waals surface area (Å²) in [6.45, 7) is 4.77. The van der Waals surface area contributed by atoms with E-state index in [9.17, 15) is 4.79 Å². The normalized spacial score (nSPS) is 17.3. The molecule has 0 bridgehead atoms. The van der Waals surface area contributed by atoms with E-state index in [1.54, 1.807) is 7.11 Å². The number of hydrogen-bond acceptors (Lipinski definition) is 7. The SMILES string of the molecule is COc1ccc(-c2noc(N3CCC(C(=O)Nc4ccc(CN5CCCCC5)cc4)CC3)n2)cc1. The Morgan fingerprint density at radius 3 is 2.40 bits per heavy atom. The second-order valence-electron chi connectivity index (χ2n) is 9.41. The van der Waals surface area contributed by atoms with Gasteiger partial charge in [0.15, 0.2) is 0 Å². The van der Waals surface area contributed by atoms with Crippen molar-refractivity contribution in [1.82, 2.24) is 15.0 Å². The third-order valence-corrected chi connectivity index (χ3v) is 6.98. The second kappa shape index (κ2) is 10.9. The summed E-state index contributed by atoms with van der Waals surface area (Å²) in [6, 6.07) is 16.4. The zero-order valence-corrected chi connectivity index (χ0v) is 20.3. The van der Waals surface area contributed by atoms with Crippen LogP contribution in [0.5, 0.6) is 5.75 Å². The fourth-order valence-corrected chi connectivity index (χ4v) is 4.85. The number of nitrogens with zero attached hydrogens (tertiary/aromatic N) is 4. The second-order valence-corrected chi connectivity index (χ2v) is 9.41. The first-order valence-corrected chi connectivity index (χ1v) is 12.5. The monoisotopic (exact) mass is 475 g/mol. The molecule has 0 spiro atoms. The fraction of sp³-hybridized carbons (Fsp3) is 0.444. The van der Waals surface area contributed by atoms with Crippen molar-refractivity contribution in [2.24, 2.45) is 5.92 Å². The highest BCUT2D eigenvalue weighted by Crippen LogP contribution is 2.26. The Morgan fingerprint density at radius 2 is 1.71 bits per heavy atom. The molecular weight excluding hydrogens is 442 g/mol. The molecule has 184 valence electrons. The number of aromatic nitrogens is 2. The molecule has 3 heterocycles. The Morgan fingerprint density at radius 1 is 1.00 bits per heavy atom. The number of amides is 1. The predicted molar refractivity (Wildman–Crippen MR) is 135 cm³/mol. The van der Waals surface area contributed by atoms with Crippen molar-refractivity contribution >= 4 is 17.6 Å². The Bertz CT molecular complexity index is 1100. The Balaban J connectivity index is 1.10. The van der Waals surface area contributed by atoms with Crippen molar-refractivity contribution in [3.05, 3.63) is 54.1 Å². The summed E-state index contributed by atoms with van der Waals surface area (Å²) in [5.41, 5.74) is 3.03. The number of rotatable bonds is 7. The van der Waals surface area contributed by atoms with E-state index in [0.29, 0.717) is 24.9 Å². The Kier molecular flexibility index (Phi) is 7.28. The minimum absolute atomic E-state index is 0.0248. The average molecular weight is 476 g/mol. The number of carbonyl (C=O) groups excluding carboxylic acids is 1. The van der Waals surface area contributed by atoms with Crippen LogP contribution in [0.25, 0.3) is 11.4 Å². The Hall–Kier alpha value is -3.39. The molecule has 1 N–H and O–H groups in total. The minimum atomic E-state index is -0.0248. The summed E-state index contributed by atoms with van der Waals surface area (Å²) in [6.07, 6.45) is 5.44. The minimum Gasteiger partial charge on any atom is -0.497 e. The van der Waals surface area contributed by atoms with Crippen LogP contribution in [0.2, 0.25) is 0 Å². The van der Waals surface area contributed by atoms with Gasteiger partial charge in [0.1, 0.15) is 5.75 Å². The van der Waals surface area contributed by atoms with Crippen molar-refractivity contribution in [1.29, 1.82) is 0 Å². The zero-order valence-electron chi connectivity index (χ0n) is 20.3. The topological polar surface area (TPSA) is 83.7 Å². The van der Waals surface area contributed by atoms with E-state index < -0.39 is 0 Å². The maximum atomic E-state index is 12.9. The molecule has 1 aromatic heterocycles. The van der Waals surface area contributed by atoms with Gasteiger partial charge in [-0.05, 0) is 80.7 Å². The number of nitrogens with one attached hydrogen (secondary N) is 1. The average Bonchev–Trinajstić information content (AvgIpc) is 3.41. The third-order valence-electron chi connectivity index (χ3n) is 6.98. The van der Waals surface area contributed by atoms with Gasteiger partial charge in [-0.3, -0.25) is 9.69 Å². The van der Waals surface area contributed by atoms with Crippen LogP contribution in [0.4, 0.5) is 11.7 Å². The number of hydrogen-bond donors (Lipinski definition) is 1. The first kappa shape index (κ1) is 23.4. The number of methoxy groups -OCH3 is 1. The molecule has 8 heteroatoms. The van der Waals surface area contributed by atoms with Crippen LogP contribution in [0.15, 0.2) is 53.1 Å². The van der Waals surface area contributed by atoms with Crippen LogP contribution in [-0.2, 0) is 11.3 Å². The van der Waals surface area contributed by atoms with Crippen LogP contribution < -0.4 is 15.0 Å². The van der Waals surface area contributed by atoms with Crippen LogP contribution >= 0.6 is 0 Å². The highest BCUT2D eigenvalue weighted by molar-refractivity contribution is 5.92. The van der Waals surface area contributed by atoms with Gasteiger partial charge in [0, 0.05) is 36.8 Å². The van der Waals surface area contributed by atoms with E-state index in [-0.39, 0.29) is 11.8 Å². The smallest absolute Gasteiger partial charge is 0.324 e. The number of piperidine rings is 2. The Labute approximate surface area is 206 Å². The molecule has 2 aromatic carbocycles. The van der Waals surface area contributed by atoms with Gasteiger partial charge in [-0.15, -0.1) is 0 Å². The van der Waals surface area contributed by atoms with E-state index in [1.165, 1.54) is 37.9 Å². The van der Waals surface area contributed by atoms with Crippen molar-refractivity contribution in [3.8, 4) is 17.1 Å². The molecule has 2 aliphatic rings. The van der Waals surface area contributed by atoms with E-state index in [1.807, 2.05) is 36.4 Å². The van der Waals surface area contributed by atoms with Crippen molar-refractivity contribution in [3.63, 3.8) is 0 Å². The lowest BCUT2D eigenvalue weighted by Gasteiger charge is -2.29. The lowest BCUT2D eigenvalue weighted by Crippen LogP contribution is -2.38. The number of likely N-dealkylation sites (tertiary alicyclic amines) is 1. The zero-order chi connectivity index (χ0) is 24.0. The molecule has 0 atom stereocenters. The molecule has 35 heavy (non-hydrogen) atoms. The molecule has 0 aliphatic carbocycles. The highest BCUT2D eigenvalue weighted by Gasteiger charge is 2.27. The largest absolute Gasteiger partial charge is 0.497 e. The van der Waals surface area contributed by atoms with Gasteiger partial charge in [0.25, 0.3) is 0 Å². The maximum Gasteiger partial charge on any atom is 0.324 e. The lowest BCUT2D eigenvalue weighted by atomic mass is 9.96. The van der Waals surface area contributed by atoms with Gasteiger partial charge in [-0.25, -0.2) is 0 Å². The van der Waals surface area contributed by atoms with Crippen LogP contribution in [0.1, 0.15) is 37.7 Å². The summed E-state index contributed by atoms with van der Waals surface area (Å²) < 4.78 is 10.7. The molecule has 2 aliphatic heterocycles. The summed E-state index contributed by atoms with van der Waals surface area (Å²) in [5.74, 6) is 1.39. The van der Waals surface area contributed by atoms with Gasteiger partial charge in [0.2, 0.25) is 11.7 Å². The summed E-state index contributed by atoms with van der Waals surface area (Å²) in [7, 11) is 1.64. The molecule has 5 rings (SSSR count). The molecule has 2 fully saturated rings. The molecule has 1 amide bonds. The predicted octanol–water partition coefficient (Wildman–Crippen LogP) is 4.59. The van der Waals surface area contributed by atoms with Gasteiger partial charge in [-0.1, -0.05) is 23.7 Å². The lowest BCUT2D eigenvalue weighted by molar-refractivity contribution is -0.120. The number of ether oxygens (including phenoxy) is 1. The molecule has 0 unspecified atom stereocenters. The summed E-state index contributed by atoms with van der Waals surface area (Å²) >= 11 is 0. The van der Waals surface area contributed by atoms with Crippen molar-refractivity contribution in [2.45, 2.75) is 38.6 Å². The van der Waals surface area contributed by atoms with E-state index in [0.717, 1.165) is 36.4 Å². The van der Waals surface area contributed by atoms with Gasteiger partial charge >= 0.3 is 6.01 Å². The molecule has 0 saturated carbocycles. The molecular formula is C27H33N5O3. The van der Waals surface area contributed by atoms with E-state index in [4.69, 9.17) is 9.26 Å². The first-order chi connectivity index (χ1) is 17.2. The molecule has 0 radical (unpaired) electrons. The van der Waals surface area contributed by atoms with E-state index >= 15 is 0 Å². The highest BCUT2D eigenvalue weighted by atomic mass is 16.5. The van der Waals surface area contributed by atoms with Crippen LogP contribution in [-0.4, -0.2) is 54.2 Å². The fourth-order valence-electron chi connectivity index (χ4n) is 4.85. The van der Waals surface area contributed by atoms with Gasteiger partial charge in [0.05, 0.1) is 7.11 Å². The quantitative estimate of drug-likeness (QED) is 0.535. The van der Waals surface area contributed by atoms with Crippen molar-refractivity contribution in [2.75, 3.05) is 43.5 Å². The number of carbonyl (C=O) groups is 1. The third kappa shape index (κ3) is 5.82. The molecule has 3 aromatic rings. The molecule has 8 nitrogen and oxygen atoms in total. The van der Waals surface area contributed by atoms with Gasteiger partial charge < -0.3 is 19.5 Å². The first-order valence-electron chi connectivity index (χ1n) is 12.5. The van der Waals surface area contributed by atoms with Crippen LogP contribution in [0.3, 0.4) is 0 Å². The maximum absolute atomic E-state index is 12.9. The number of benzene rings is 2. The van der Waals surface area contributed by atoms with Gasteiger partial charge in [-0.2, -0.15) is 4.98 Å². The standard InChI is InChI=1S/C27H33N5O3/c1-34-24-11-7-21(8-12-24)25-29-27(35-30-25)32-17-13-22(14-18-32)26(33)28-23-9-5-20(6-10-23)19-31-15-3-2-4-16-31/h5-12,22H,2-4,13-19H2,1H3,(H,28,33). The van der Waals surface area contributed by atoms with E-state index in [2.05, 4.69) is 37.4 Å². The summed E-state index contributed by atoms with van der Waals surface area (Å²) in [4.78, 5) is 22.0. The molecule has 2 saturated heterocycles. The summed E-state index contributed by atoms with van der Waals surface area (Å²) in [5, 5.41) is 7.22. The van der Waals surface area contributed by atoms with Crippen LogP contribution in [0, 0.1) is 5.92 Å². The van der Waals surface area contributed by atoms with Crippen molar-refractivity contribution < 1.29 is 14.1 Å². The number of anilines is 2.